The molecular formula is C30H25F6N5O7S. The van der Waals surface area contributed by atoms with Crippen LogP contribution in [0.5, 0.6) is 0 Å². The van der Waals surface area contributed by atoms with Crippen LogP contribution in [0.15, 0.2) is 96.0 Å². The number of hydrogen-bond donors (Lipinski definition) is 6. The number of nitrogens with one attached hydrogen (secondary N) is 3. The van der Waals surface area contributed by atoms with E-state index in [1.165, 1.54) is 7.05 Å². The second-order valence-corrected chi connectivity index (χ2v) is 11.1. The number of nitrogens with zero attached hydrogens (tertiary/aromatic N) is 1. The van der Waals surface area contributed by atoms with E-state index in [0.717, 1.165) is 0 Å². The lowest BCUT2D eigenvalue weighted by molar-refractivity contribution is -0.193. The molecule has 12 nitrogen and oxygen atoms in total. The fourth-order valence-electron chi connectivity index (χ4n) is 3.63. The number of carbonyl (C=O) groups is 3. The topological polar surface area (TPSA) is 213 Å². The third kappa shape index (κ3) is 11.4. The number of halogens is 6. The number of benzene rings is 3. The number of amides is 1. The van der Waals surface area contributed by atoms with Crippen molar-refractivity contribution >= 4 is 39.4 Å². The van der Waals surface area contributed by atoms with Crippen LogP contribution in [0.3, 0.4) is 0 Å². The highest BCUT2D eigenvalue weighted by Gasteiger charge is 2.38. The van der Waals surface area contributed by atoms with Gasteiger partial charge >= 0.3 is 24.3 Å². The first kappa shape index (κ1) is 39.4. The number of nitrogens with two attached hydrogens (primary N) is 1. The van der Waals surface area contributed by atoms with E-state index < -0.39 is 34.3 Å². The molecular weight excluding hydrogens is 688 g/mol. The summed E-state index contributed by atoms with van der Waals surface area (Å²) >= 11 is 0. The molecule has 4 rings (SSSR count). The van der Waals surface area contributed by atoms with Crippen LogP contribution in [0.25, 0.3) is 22.4 Å². The molecule has 1 aromatic heterocycles. The van der Waals surface area contributed by atoms with E-state index in [1.54, 1.807) is 91.1 Å². The molecule has 0 atom stereocenters. The van der Waals surface area contributed by atoms with Gasteiger partial charge in [0, 0.05) is 28.6 Å². The predicted molar refractivity (Wildman–Crippen MR) is 164 cm³/mol. The summed E-state index contributed by atoms with van der Waals surface area (Å²) in [5, 5.41) is 24.8. The number of carboxylic acid groups (broad SMARTS) is 2. The van der Waals surface area contributed by atoms with Gasteiger partial charge in [-0.2, -0.15) is 26.3 Å². The second kappa shape index (κ2) is 16.3. The van der Waals surface area contributed by atoms with E-state index in [4.69, 9.17) is 30.9 Å². The minimum Gasteiger partial charge on any atom is -0.475 e. The van der Waals surface area contributed by atoms with Crippen LogP contribution in [-0.2, 0) is 19.6 Å². The summed E-state index contributed by atoms with van der Waals surface area (Å²) < 4.78 is 90.6. The van der Waals surface area contributed by atoms with Gasteiger partial charge in [-0.25, -0.2) is 22.7 Å². The molecule has 0 saturated heterocycles. The van der Waals surface area contributed by atoms with E-state index >= 15 is 0 Å². The van der Waals surface area contributed by atoms with Gasteiger partial charge in [-0.15, -0.1) is 0 Å². The number of rotatable bonds is 7. The summed E-state index contributed by atoms with van der Waals surface area (Å²) in [7, 11) is -2.26. The predicted octanol–water partition coefficient (Wildman–Crippen LogP) is 5.13. The Morgan fingerprint density at radius 1 is 0.796 bits per heavy atom. The zero-order chi connectivity index (χ0) is 37.2. The van der Waals surface area contributed by atoms with Gasteiger partial charge in [0.15, 0.2) is 0 Å². The van der Waals surface area contributed by atoms with Crippen molar-refractivity contribution in [1.82, 2.24) is 9.71 Å². The Kier molecular flexibility index (Phi) is 13.1. The van der Waals surface area contributed by atoms with Crippen molar-refractivity contribution < 1.29 is 59.4 Å². The number of sulfonamides is 1. The largest absolute Gasteiger partial charge is 0.490 e. The lowest BCUT2D eigenvalue weighted by Gasteiger charge is -2.12. The van der Waals surface area contributed by atoms with Crippen molar-refractivity contribution in [3.05, 3.63) is 102 Å². The molecule has 0 bridgehead atoms. The highest BCUT2D eigenvalue weighted by molar-refractivity contribution is 7.89. The molecule has 0 aliphatic carbocycles. The first-order valence-electron chi connectivity index (χ1n) is 13.1. The molecule has 0 radical (unpaired) electrons. The first-order chi connectivity index (χ1) is 22.7. The monoisotopic (exact) mass is 713 g/mol. The summed E-state index contributed by atoms with van der Waals surface area (Å²) in [4.78, 5) is 35.4. The molecule has 0 aliphatic heterocycles. The van der Waals surface area contributed by atoms with Crippen LogP contribution >= 0.6 is 0 Å². The lowest BCUT2D eigenvalue weighted by Crippen LogP contribution is -2.21. The number of aromatic nitrogens is 1. The first-order valence-corrected chi connectivity index (χ1v) is 14.6. The molecule has 0 unspecified atom stereocenters. The summed E-state index contributed by atoms with van der Waals surface area (Å²) in [6.07, 6.45) is -8.57. The van der Waals surface area contributed by atoms with Gasteiger partial charge < -0.3 is 21.3 Å². The van der Waals surface area contributed by atoms with E-state index in [-0.39, 0.29) is 16.6 Å². The normalized spacial score (nSPS) is 11.2. The molecule has 1 heterocycles. The average Bonchev–Trinajstić information content (AvgIpc) is 3.05. The van der Waals surface area contributed by atoms with E-state index in [2.05, 4.69) is 15.0 Å². The average molecular weight is 714 g/mol. The lowest BCUT2D eigenvalue weighted by atomic mass is 10.0. The van der Waals surface area contributed by atoms with Gasteiger partial charge in [0.25, 0.3) is 5.91 Å². The van der Waals surface area contributed by atoms with Crippen molar-refractivity contribution in [1.29, 1.82) is 5.41 Å². The minimum atomic E-state index is -5.08. The molecule has 0 spiro atoms. The quantitative estimate of drug-likeness (QED) is 0.0850. The summed E-state index contributed by atoms with van der Waals surface area (Å²) in [6, 6.07) is 24.0. The van der Waals surface area contributed by atoms with Crippen molar-refractivity contribution in [2.45, 2.75) is 17.2 Å². The standard InChI is InChI=1S/C26H23N5O3S.2C2HF3O2/c1-29-35(33,34)23-10-3-2-8-21(23)17-11-13-20(14-12-17)31-26(32)22-9-5-15-30-24(22)18-6-4-7-19(16-18)25(27)28;2*3-2(4,5)1(6)7/h2-16,29H,1H3,(H3,27,28)(H,31,32);2*(H,6,7). The Bertz CT molecular complexity index is 1910. The number of anilines is 1. The third-order valence-corrected chi connectivity index (χ3v) is 7.36. The van der Waals surface area contributed by atoms with Gasteiger partial charge in [-0.3, -0.25) is 15.2 Å². The summed E-state index contributed by atoms with van der Waals surface area (Å²) in [5.74, 6) is -5.94. The zero-order valence-electron chi connectivity index (χ0n) is 24.8. The number of amidine groups is 1. The fraction of sp³-hybridized carbons (Fsp3) is 0.100. The van der Waals surface area contributed by atoms with Gasteiger partial charge in [0.05, 0.1) is 16.2 Å². The maximum atomic E-state index is 13.1. The van der Waals surface area contributed by atoms with Gasteiger partial charge in [-0.1, -0.05) is 48.5 Å². The van der Waals surface area contributed by atoms with Crippen LogP contribution in [-0.4, -0.2) is 66.7 Å². The molecule has 0 aliphatic rings. The molecule has 49 heavy (non-hydrogen) atoms. The molecule has 4 aromatic rings. The number of carboxylic acids is 2. The van der Waals surface area contributed by atoms with Crippen molar-refractivity contribution in [2.24, 2.45) is 5.73 Å². The van der Waals surface area contributed by atoms with Gasteiger partial charge in [0.1, 0.15) is 5.84 Å². The zero-order valence-corrected chi connectivity index (χ0v) is 25.6. The number of nitrogen functional groups attached to an aromatic ring is 1. The Hall–Kier alpha value is -5.82. The fourth-order valence-corrected chi connectivity index (χ4v) is 4.59. The summed E-state index contributed by atoms with van der Waals surface area (Å²) in [5.41, 5.74) is 9.43. The Morgan fingerprint density at radius 2 is 1.35 bits per heavy atom. The number of hydrogen-bond acceptors (Lipinski definition) is 7. The number of carbonyl (C=O) groups excluding carboxylic acids is 1. The van der Waals surface area contributed by atoms with Crippen molar-refractivity contribution in [3.63, 3.8) is 0 Å². The highest BCUT2D eigenvalue weighted by atomic mass is 32.2. The minimum absolute atomic E-state index is 0.0713. The summed E-state index contributed by atoms with van der Waals surface area (Å²) in [6.45, 7) is 0. The van der Waals surface area contributed by atoms with Gasteiger partial charge in [0.2, 0.25) is 10.0 Å². The SMILES string of the molecule is CNS(=O)(=O)c1ccccc1-c1ccc(NC(=O)c2cccnc2-c2cccc(C(=N)N)c2)cc1.O=C(O)C(F)(F)F.O=C(O)C(F)(F)F. The van der Waals surface area contributed by atoms with Crippen LogP contribution < -0.4 is 15.8 Å². The number of pyridine rings is 1. The molecule has 0 saturated carbocycles. The van der Waals surface area contributed by atoms with Crippen molar-refractivity contribution in [3.8, 4) is 22.4 Å². The van der Waals surface area contributed by atoms with E-state index in [0.29, 0.717) is 39.2 Å². The Morgan fingerprint density at radius 3 is 1.86 bits per heavy atom. The molecule has 3 aromatic carbocycles. The molecule has 1 amide bonds. The molecule has 19 heteroatoms. The van der Waals surface area contributed by atoms with E-state index in [1.807, 2.05) is 0 Å². The van der Waals surface area contributed by atoms with Crippen LogP contribution in [0.4, 0.5) is 32.0 Å². The second-order valence-electron chi connectivity index (χ2n) is 9.24. The van der Waals surface area contributed by atoms with Crippen LogP contribution in [0.1, 0.15) is 15.9 Å². The third-order valence-electron chi connectivity index (χ3n) is 5.88. The van der Waals surface area contributed by atoms with E-state index in [9.17, 15) is 39.6 Å². The Balaban J connectivity index is 0.000000500. The Labute approximate surface area is 273 Å². The maximum Gasteiger partial charge on any atom is 0.490 e. The molecule has 0 fully saturated rings. The molecule has 260 valence electrons. The highest BCUT2D eigenvalue weighted by Crippen LogP contribution is 2.29. The maximum absolute atomic E-state index is 13.1. The molecule has 7 N–H and O–H groups in total. The van der Waals surface area contributed by atoms with Crippen molar-refractivity contribution in [2.75, 3.05) is 12.4 Å². The number of aliphatic carboxylic acids is 2. The van der Waals surface area contributed by atoms with Crippen LogP contribution in [0, 0.1) is 5.41 Å². The smallest absolute Gasteiger partial charge is 0.475 e. The number of alkyl halides is 6. The van der Waals surface area contributed by atoms with Crippen LogP contribution in [0.2, 0.25) is 0 Å². The van der Waals surface area contributed by atoms with Gasteiger partial charge in [-0.05, 0) is 49.0 Å².